The monoisotopic (exact) mass is 380 g/mol. The Kier molecular flexibility index (Phi) is 5.93. The summed E-state index contributed by atoms with van der Waals surface area (Å²) in [6.07, 6.45) is 3.36. The largest absolute Gasteiger partial charge is 0.347 e. The highest BCUT2D eigenvalue weighted by Crippen LogP contribution is 2.21. The number of nitrogens with one attached hydrogen (secondary N) is 2. The molecule has 2 heterocycles. The van der Waals surface area contributed by atoms with Crippen LogP contribution < -0.4 is 10.9 Å². The molecule has 1 atom stereocenters. The zero-order valence-corrected chi connectivity index (χ0v) is 15.6. The Morgan fingerprint density at radius 3 is 2.61 bits per heavy atom. The molecule has 3 aromatic rings. The highest BCUT2D eigenvalue weighted by molar-refractivity contribution is 5.79. The predicted molar refractivity (Wildman–Crippen MR) is 104 cm³/mol. The van der Waals surface area contributed by atoms with E-state index in [1.54, 1.807) is 36.7 Å². The Balaban J connectivity index is 1.84. The number of halogens is 1. The first-order chi connectivity index (χ1) is 13.4. The molecule has 3 rings (SSSR count). The van der Waals surface area contributed by atoms with Crippen LogP contribution in [0.1, 0.15) is 31.1 Å². The molecule has 0 spiro atoms. The molecular weight excluding hydrogens is 359 g/mol. The van der Waals surface area contributed by atoms with Gasteiger partial charge in [-0.1, -0.05) is 26.0 Å². The molecule has 1 aromatic carbocycles. The van der Waals surface area contributed by atoms with Gasteiger partial charge in [-0.2, -0.15) is 0 Å². The van der Waals surface area contributed by atoms with Crippen LogP contribution in [0.5, 0.6) is 0 Å². The number of rotatable bonds is 6. The summed E-state index contributed by atoms with van der Waals surface area (Å²) in [4.78, 5) is 35.9. The van der Waals surface area contributed by atoms with Gasteiger partial charge in [-0.3, -0.25) is 14.6 Å². The van der Waals surface area contributed by atoms with Crippen molar-refractivity contribution < 1.29 is 9.18 Å². The van der Waals surface area contributed by atoms with Crippen LogP contribution >= 0.6 is 0 Å². The zero-order valence-electron chi connectivity index (χ0n) is 15.6. The fourth-order valence-electron chi connectivity index (χ4n) is 2.87. The van der Waals surface area contributed by atoms with E-state index in [0.29, 0.717) is 22.6 Å². The van der Waals surface area contributed by atoms with E-state index in [0.717, 1.165) is 0 Å². The lowest BCUT2D eigenvalue weighted by molar-refractivity contribution is -0.121. The minimum atomic E-state index is -0.439. The van der Waals surface area contributed by atoms with E-state index in [2.05, 4.69) is 20.3 Å². The molecule has 0 radical (unpaired) electrons. The number of carbonyl (C=O) groups is 1. The molecule has 0 aliphatic carbocycles. The molecule has 0 saturated heterocycles. The van der Waals surface area contributed by atoms with Gasteiger partial charge in [0.2, 0.25) is 5.91 Å². The van der Waals surface area contributed by atoms with E-state index in [4.69, 9.17) is 0 Å². The van der Waals surface area contributed by atoms with E-state index in [-0.39, 0.29) is 29.6 Å². The second kappa shape index (κ2) is 8.56. The van der Waals surface area contributed by atoms with Crippen molar-refractivity contribution in [3.05, 3.63) is 82.3 Å². The number of aromatic nitrogens is 3. The third-order valence-corrected chi connectivity index (χ3v) is 4.28. The highest BCUT2D eigenvalue weighted by atomic mass is 19.1. The molecule has 0 bridgehead atoms. The number of hydrogen-bond acceptors (Lipinski definition) is 4. The Morgan fingerprint density at radius 1 is 1.21 bits per heavy atom. The lowest BCUT2D eigenvalue weighted by Gasteiger charge is -2.22. The van der Waals surface area contributed by atoms with Gasteiger partial charge in [0, 0.05) is 24.0 Å². The molecule has 0 aliphatic heterocycles. The average molecular weight is 380 g/mol. The van der Waals surface area contributed by atoms with Crippen LogP contribution in [0.2, 0.25) is 0 Å². The van der Waals surface area contributed by atoms with Crippen LogP contribution in [0.3, 0.4) is 0 Å². The minimum Gasteiger partial charge on any atom is -0.347 e. The SMILES string of the molecule is CC(C)[C@H](NC(=O)Cc1ccc(F)cc1)c1cc(=O)[nH]c(-c2cccnc2)n1. The third-order valence-electron chi connectivity index (χ3n) is 4.28. The molecule has 1 amide bonds. The van der Waals surface area contributed by atoms with E-state index < -0.39 is 6.04 Å². The summed E-state index contributed by atoms with van der Waals surface area (Å²) in [5, 5.41) is 2.94. The van der Waals surface area contributed by atoms with Crippen LogP contribution in [-0.2, 0) is 11.2 Å². The fourth-order valence-corrected chi connectivity index (χ4v) is 2.87. The van der Waals surface area contributed by atoms with Gasteiger partial charge in [-0.25, -0.2) is 9.37 Å². The van der Waals surface area contributed by atoms with E-state index >= 15 is 0 Å². The summed E-state index contributed by atoms with van der Waals surface area (Å²) in [5.41, 5.74) is 1.56. The summed E-state index contributed by atoms with van der Waals surface area (Å²) >= 11 is 0. The molecular formula is C21H21FN4O2. The maximum atomic E-state index is 13.0. The van der Waals surface area contributed by atoms with E-state index in [1.165, 1.54) is 18.2 Å². The summed E-state index contributed by atoms with van der Waals surface area (Å²) in [6.45, 7) is 3.88. The summed E-state index contributed by atoms with van der Waals surface area (Å²) < 4.78 is 13.0. The number of nitrogens with zero attached hydrogens (tertiary/aromatic N) is 2. The number of pyridine rings is 1. The van der Waals surface area contributed by atoms with Gasteiger partial charge in [-0.15, -0.1) is 0 Å². The molecule has 144 valence electrons. The first-order valence-electron chi connectivity index (χ1n) is 8.98. The number of carbonyl (C=O) groups excluding carboxylic acids is 1. The van der Waals surface area contributed by atoms with Gasteiger partial charge in [0.05, 0.1) is 18.2 Å². The van der Waals surface area contributed by atoms with Gasteiger partial charge in [0.25, 0.3) is 5.56 Å². The van der Waals surface area contributed by atoms with Crippen molar-refractivity contribution in [1.82, 2.24) is 20.3 Å². The molecule has 2 N–H and O–H groups in total. The summed E-state index contributed by atoms with van der Waals surface area (Å²) in [7, 11) is 0. The van der Waals surface area contributed by atoms with Crippen LogP contribution in [-0.4, -0.2) is 20.9 Å². The van der Waals surface area contributed by atoms with Crippen molar-refractivity contribution in [3.8, 4) is 11.4 Å². The minimum absolute atomic E-state index is 0.00761. The van der Waals surface area contributed by atoms with Crippen LogP contribution in [0, 0.1) is 11.7 Å². The number of hydrogen-bond donors (Lipinski definition) is 2. The van der Waals surface area contributed by atoms with Crippen LogP contribution in [0.4, 0.5) is 4.39 Å². The van der Waals surface area contributed by atoms with Crippen molar-refractivity contribution in [3.63, 3.8) is 0 Å². The van der Waals surface area contributed by atoms with Crippen molar-refractivity contribution in [2.24, 2.45) is 5.92 Å². The number of aromatic amines is 1. The number of amides is 1. The highest BCUT2D eigenvalue weighted by Gasteiger charge is 2.21. The molecule has 0 saturated carbocycles. The Labute approximate surface area is 161 Å². The van der Waals surface area contributed by atoms with Crippen molar-refractivity contribution in [2.45, 2.75) is 26.3 Å². The van der Waals surface area contributed by atoms with Gasteiger partial charge in [0.1, 0.15) is 11.6 Å². The molecule has 7 heteroatoms. The van der Waals surface area contributed by atoms with Crippen molar-refractivity contribution >= 4 is 5.91 Å². The average Bonchev–Trinajstić information content (AvgIpc) is 2.68. The van der Waals surface area contributed by atoms with Gasteiger partial charge >= 0.3 is 0 Å². The van der Waals surface area contributed by atoms with E-state index in [1.807, 2.05) is 13.8 Å². The Bertz CT molecular complexity index is 1000. The molecule has 0 aliphatic rings. The Hall–Kier alpha value is -3.35. The topological polar surface area (TPSA) is 87.7 Å². The van der Waals surface area contributed by atoms with Gasteiger partial charge < -0.3 is 10.3 Å². The van der Waals surface area contributed by atoms with Crippen molar-refractivity contribution in [1.29, 1.82) is 0 Å². The maximum Gasteiger partial charge on any atom is 0.251 e. The maximum absolute atomic E-state index is 13.0. The van der Waals surface area contributed by atoms with Crippen LogP contribution in [0.15, 0.2) is 59.7 Å². The predicted octanol–water partition coefficient (Wildman–Crippen LogP) is 3.03. The lowest BCUT2D eigenvalue weighted by Crippen LogP contribution is -2.34. The molecule has 0 unspecified atom stereocenters. The summed E-state index contributed by atoms with van der Waals surface area (Å²) in [6, 6.07) is 10.3. The standard InChI is InChI=1S/C21H21FN4O2/c1-13(2)20(25-18(27)10-14-5-7-16(22)8-6-14)17-11-19(28)26-21(24-17)15-4-3-9-23-12-15/h3-9,11-13,20H,10H2,1-2H3,(H,25,27)(H,24,26,28)/t20-/m0/s1. The van der Waals surface area contributed by atoms with Gasteiger partial charge in [-0.05, 0) is 35.7 Å². The normalized spacial score (nSPS) is 12.0. The van der Waals surface area contributed by atoms with E-state index in [9.17, 15) is 14.0 Å². The second-order valence-electron chi connectivity index (χ2n) is 6.85. The van der Waals surface area contributed by atoms with Gasteiger partial charge in [0.15, 0.2) is 0 Å². The van der Waals surface area contributed by atoms with Crippen molar-refractivity contribution in [2.75, 3.05) is 0 Å². The number of benzene rings is 1. The number of H-pyrrole nitrogens is 1. The molecule has 0 fully saturated rings. The smallest absolute Gasteiger partial charge is 0.251 e. The first kappa shape index (κ1) is 19.4. The second-order valence-corrected chi connectivity index (χ2v) is 6.85. The first-order valence-corrected chi connectivity index (χ1v) is 8.98. The summed E-state index contributed by atoms with van der Waals surface area (Å²) in [5.74, 6) is -0.169. The molecule has 6 nitrogen and oxygen atoms in total. The lowest BCUT2D eigenvalue weighted by atomic mass is 9.99. The third kappa shape index (κ3) is 4.88. The fraction of sp³-hybridized carbons (Fsp3) is 0.238. The molecule has 2 aromatic heterocycles. The van der Waals surface area contributed by atoms with Crippen LogP contribution in [0.25, 0.3) is 11.4 Å². The zero-order chi connectivity index (χ0) is 20.1. The quantitative estimate of drug-likeness (QED) is 0.688. The molecule has 28 heavy (non-hydrogen) atoms. The Morgan fingerprint density at radius 2 is 1.96 bits per heavy atom.